The van der Waals surface area contributed by atoms with Crippen LogP contribution in [0.15, 0.2) is 72.6 Å². The van der Waals surface area contributed by atoms with E-state index in [0.29, 0.717) is 0 Å². The smallest absolute Gasteiger partial charge is 0.121 e. The van der Waals surface area contributed by atoms with Gasteiger partial charge in [-0.05, 0) is 23.6 Å². The molecular formula is C22H22N4. The van der Waals surface area contributed by atoms with Gasteiger partial charge in [-0.25, -0.2) is 0 Å². The van der Waals surface area contributed by atoms with E-state index < -0.39 is 0 Å². The number of rotatable bonds is 2. The first kappa shape index (κ1) is 15.1. The number of fused-ring (bicyclic) bond motifs is 3. The number of nitrogens with zero attached hydrogens (tertiary/aromatic N) is 2. The molecule has 0 radical (unpaired) electrons. The molecule has 4 heteroatoms. The minimum atomic E-state index is 1.01. The molecule has 0 atom stereocenters. The van der Waals surface area contributed by atoms with E-state index in [0.717, 1.165) is 37.7 Å². The molecule has 4 nitrogen and oxygen atoms in total. The Balaban J connectivity index is 1.36. The Morgan fingerprint density at radius 3 is 2.23 bits per heavy atom. The molecule has 2 aliphatic rings. The van der Waals surface area contributed by atoms with Crippen LogP contribution in [0, 0.1) is 0 Å². The van der Waals surface area contributed by atoms with Crippen molar-refractivity contribution in [2.24, 2.45) is 0 Å². The van der Waals surface area contributed by atoms with E-state index in [1.54, 1.807) is 0 Å². The minimum absolute atomic E-state index is 1.01. The van der Waals surface area contributed by atoms with E-state index in [-0.39, 0.29) is 0 Å². The minimum Gasteiger partial charge on any atom is -0.368 e. The second kappa shape index (κ2) is 6.30. The standard InChI is InChI=1S/C22H22N4/c1-2-7-19(8-3-1)25-12-14-26(15-13-25)21-16-18-11-10-17-6-4-5-9-20(17)22(18)24-23-21/h1-11,16,23-24H,12-15H2. The molecule has 2 aliphatic heterocycles. The van der Waals surface area contributed by atoms with Gasteiger partial charge in [-0.1, -0.05) is 54.6 Å². The summed E-state index contributed by atoms with van der Waals surface area (Å²) in [5.74, 6) is 1.15. The summed E-state index contributed by atoms with van der Waals surface area (Å²) in [6.07, 6.45) is 2.26. The van der Waals surface area contributed by atoms with Crippen LogP contribution in [0.5, 0.6) is 0 Å². The molecular weight excluding hydrogens is 320 g/mol. The first-order valence-corrected chi connectivity index (χ1v) is 9.19. The van der Waals surface area contributed by atoms with Crippen LogP contribution in [0.25, 0.3) is 16.8 Å². The number of hydrogen-bond acceptors (Lipinski definition) is 4. The van der Waals surface area contributed by atoms with Crippen LogP contribution in [0.1, 0.15) is 5.56 Å². The van der Waals surface area contributed by atoms with E-state index >= 15 is 0 Å². The molecule has 2 N–H and O–H groups in total. The topological polar surface area (TPSA) is 30.5 Å². The molecule has 130 valence electrons. The first-order valence-electron chi connectivity index (χ1n) is 9.19. The number of para-hydroxylation sites is 1. The van der Waals surface area contributed by atoms with Gasteiger partial charge in [0.1, 0.15) is 5.82 Å². The Morgan fingerprint density at radius 1 is 0.654 bits per heavy atom. The molecule has 2 heterocycles. The summed E-state index contributed by atoms with van der Waals surface area (Å²) in [6.45, 7) is 4.10. The SMILES string of the molecule is C1=C(N2CCN(c3ccccc3)CC2)NNc2c1ccc1ccccc21. The highest BCUT2D eigenvalue weighted by atomic mass is 15.5. The van der Waals surface area contributed by atoms with Crippen molar-refractivity contribution in [1.82, 2.24) is 10.3 Å². The van der Waals surface area contributed by atoms with E-state index in [9.17, 15) is 0 Å². The maximum atomic E-state index is 3.42. The lowest BCUT2D eigenvalue weighted by atomic mass is 10.0. The summed E-state index contributed by atoms with van der Waals surface area (Å²) in [7, 11) is 0. The van der Waals surface area contributed by atoms with Crippen molar-refractivity contribution < 1.29 is 0 Å². The molecule has 0 unspecified atom stereocenters. The summed E-state index contributed by atoms with van der Waals surface area (Å²) in [5.41, 5.74) is 10.5. The van der Waals surface area contributed by atoms with Gasteiger partial charge < -0.3 is 9.80 Å². The number of nitrogens with one attached hydrogen (secondary N) is 2. The largest absolute Gasteiger partial charge is 0.368 e. The first-order chi connectivity index (χ1) is 12.9. The lowest BCUT2D eigenvalue weighted by molar-refractivity contribution is 0.307. The maximum absolute atomic E-state index is 3.42. The number of hydrogen-bond donors (Lipinski definition) is 2. The van der Waals surface area contributed by atoms with Crippen molar-refractivity contribution in [2.45, 2.75) is 0 Å². The fourth-order valence-corrected chi connectivity index (χ4v) is 3.87. The summed E-state index contributed by atoms with van der Waals surface area (Å²) in [6, 6.07) is 23.6. The highest BCUT2D eigenvalue weighted by Gasteiger charge is 2.21. The van der Waals surface area contributed by atoms with Gasteiger partial charge in [0.05, 0.1) is 5.69 Å². The summed E-state index contributed by atoms with van der Waals surface area (Å²) < 4.78 is 0. The highest BCUT2D eigenvalue weighted by molar-refractivity contribution is 5.98. The molecule has 0 aromatic heterocycles. The number of anilines is 2. The third kappa shape index (κ3) is 2.64. The summed E-state index contributed by atoms with van der Waals surface area (Å²) in [4.78, 5) is 4.87. The van der Waals surface area contributed by atoms with Crippen molar-refractivity contribution >= 4 is 28.2 Å². The molecule has 0 amide bonds. The maximum Gasteiger partial charge on any atom is 0.121 e. The van der Waals surface area contributed by atoms with E-state index in [2.05, 4.69) is 93.5 Å². The molecule has 0 saturated carbocycles. The summed E-state index contributed by atoms with van der Waals surface area (Å²) in [5, 5.41) is 2.51. The van der Waals surface area contributed by atoms with Crippen LogP contribution < -0.4 is 15.8 Å². The van der Waals surface area contributed by atoms with Crippen LogP contribution >= 0.6 is 0 Å². The van der Waals surface area contributed by atoms with Crippen LogP contribution in [0.3, 0.4) is 0 Å². The molecule has 1 saturated heterocycles. The Bertz CT molecular complexity index is 956. The van der Waals surface area contributed by atoms with Gasteiger partial charge >= 0.3 is 0 Å². The van der Waals surface area contributed by atoms with Gasteiger partial charge in [0.25, 0.3) is 0 Å². The lowest BCUT2D eigenvalue weighted by Crippen LogP contribution is -2.49. The molecule has 26 heavy (non-hydrogen) atoms. The Labute approximate surface area is 153 Å². The molecule has 0 bridgehead atoms. The van der Waals surface area contributed by atoms with Crippen molar-refractivity contribution in [3.63, 3.8) is 0 Å². The van der Waals surface area contributed by atoms with E-state index in [1.165, 1.54) is 22.0 Å². The Kier molecular flexibility index (Phi) is 3.67. The molecule has 3 aromatic carbocycles. The normalized spacial score (nSPS) is 16.5. The average Bonchev–Trinajstić information content (AvgIpc) is 2.74. The van der Waals surface area contributed by atoms with Crippen molar-refractivity contribution in [1.29, 1.82) is 0 Å². The van der Waals surface area contributed by atoms with Gasteiger partial charge in [-0.2, -0.15) is 0 Å². The number of piperazine rings is 1. The van der Waals surface area contributed by atoms with Crippen LogP contribution in [0.2, 0.25) is 0 Å². The predicted octanol–water partition coefficient (Wildman–Crippen LogP) is 3.89. The van der Waals surface area contributed by atoms with E-state index in [4.69, 9.17) is 0 Å². The molecule has 5 rings (SSSR count). The fourth-order valence-electron chi connectivity index (χ4n) is 3.87. The number of benzene rings is 3. The van der Waals surface area contributed by atoms with Gasteiger partial charge in [-0.15, -0.1) is 0 Å². The Hall–Kier alpha value is -3.14. The van der Waals surface area contributed by atoms with Crippen LogP contribution in [0.4, 0.5) is 11.4 Å². The Morgan fingerprint density at radius 2 is 1.38 bits per heavy atom. The molecule has 3 aromatic rings. The highest BCUT2D eigenvalue weighted by Crippen LogP contribution is 2.31. The average molecular weight is 342 g/mol. The second-order valence-electron chi connectivity index (χ2n) is 6.84. The van der Waals surface area contributed by atoms with Gasteiger partial charge in [-0.3, -0.25) is 10.9 Å². The zero-order valence-electron chi connectivity index (χ0n) is 14.7. The van der Waals surface area contributed by atoms with Crippen LogP contribution in [-0.4, -0.2) is 31.1 Å². The third-order valence-corrected chi connectivity index (χ3v) is 5.31. The second-order valence-corrected chi connectivity index (χ2v) is 6.84. The van der Waals surface area contributed by atoms with Gasteiger partial charge in [0.15, 0.2) is 0 Å². The monoisotopic (exact) mass is 342 g/mol. The van der Waals surface area contributed by atoms with Gasteiger partial charge in [0, 0.05) is 42.8 Å². The van der Waals surface area contributed by atoms with Crippen molar-refractivity contribution in [3.8, 4) is 0 Å². The third-order valence-electron chi connectivity index (χ3n) is 5.31. The van der Waals surface area contributed by atoms with Gasteiger partial charge in [0.2, 0.25) is 0 Å². The predicted molar refractivity (Wildman–Crippen MR) is 109 cm³/mol. The molecule has 0 aliphatic carbocycles. The quantitative estimate of drug-likeness (QED) is 0.740. The van der Waals surface area contributed by atoms with Crippen LogP contribution in [-0.2, 0) is 0 Å². The summed E-state index contributed by atoms with van der Waals surface area (Å²) >= 11 is 0. The van der Waals surface area contributed by atoms with Crippen molar-refractivity contribution in [3.05, 3.63) is 78.1 Å². The lowest BCUT2D eigenvalue weighted by Gasteiger charge is -2.39. The number of hydrazine groups is 1. The van der Waals surface area contributed by atoms with Crippen molar-refractivity contribution in [2.75, 3.05) is 36.5 Å². The molecule has 0 spiro atoms. The zero-order valence-corrected chi connectivity index (χ0v) is 14.7. The zero-order chi connectivity index (χ0) is 17.3. The fraction of sp³-hybridized carbons (Fsp3) is 0.182. The van der Waals surface area contributed by atoms with E-state index in [1.807, 2.05) is 0 Å². The molecule has 1 fully saturated rings.